The van der Waals surface area contributed by atoms with E-state index in [9.17, 15) is 4.79 Å². The van der Waals surface area contributed by atoms with E-state index >= 15 is 0 Å². The number of rotatable bonds is 2. The number of methoxy groups -OCH3 is 1. The van der Waals surface area contributed by atoms with Gasteiger partial charge in [-0.1, -0.05) is 11.3 Å². The molecule has 3 nitrogen and oxygen atoms in total. The van der Waals surface area contributed by atoms with Gasteiger partial charge in [0.05, 0.1) is 18.7 Å². The number of hydrogen-bond donors (Lipinski definition) is 0. The highest BCUT2D eigenvalue weighted by Crippen LogP contribution is 2.33. The fourth-order valence-electron chi connectivity index (χ4n) is 1.65. The molecule has 1 fully saturated rings. The Balaban J connectivity index is 2.19. The van der Waals surface area contributed by atoms with Crippen molar-refractivity contribution in [3.05, 3.63) is 11.1 Å². The Morgan fingerprint density at radius 3 is 3.08 bits per heavy atom. The highest BCUT2D eigenvalue weighted by molar-refractivity contribution is 7.11. The van der Waals surface area contributed by atoms with Crippen LogP contribution in [0, 0.1) is 0 Å². The smallest absolute Gasteiger partial charge is 0.273 e. The Hall–Kier alpha value is -0.900. The molecule has 1 unspecified atom stereocenters. The van der Waals surface area contributed by atoms with Crippen molar-refractivity contribution >= 4 is 17.1 Å². The number of thiazole rings is 1. The number of nitrogens with zero attached hydrogens (tertiary/aromatic N) is 1. The third kappa shape index (κ3) is 1.58. The van der Waals surface area contributed by atoms with Gasteiger partial charge < -0.3 is 4.74 Å². The second-order valence-corrected chi connectivity index (χ2v) is 3.97. The molecule has 0 aliphatic heterocycles. The Kier molecular flexibility index (Phi) is 2.31. The van der Waals surface area contributed by atoms with Gasteiger partial charge in [-0.3, -0.25) is 4.79 Å². The first-order chi connectivity index (χ1) is 6.31. The van der Waals surface area contributed by atoms with Gasteiger partial charge in [-0.15, -0.1) is 0 Å². The summed E-state index contributed by atoms with van der Waals surface area (Å²) >= 11 is 1.45. The number of Topliss-reactive ketones (excluding diaryl/α,β-unsaturated/α-hetero) is 1. The van der Waals surface area contributed by atoms with Gasteiger partial charge in [-0.05, 0) is 12.8 Å². The highest BCUT2D eigenvalue weighted by atomic mass is 32.1. The first-order valence-electron chi connectivity index (χ1n) is 4.33. The van der Waals surface area contributed by atoms with Crippen molar-refractivity contribution in [2.45, 2.75) is 25.2 Å². The normalized spacial score (nSPS) is 22.2. The van der Waals surface area contributed by atoms with Gasteiger partial charge >= 0.3 is 0 Å². The van der Waals surface area contributed by atoms with Crippen molar-refractivity contribution in [2.75, 3.05) is 7.11 Å². The van der Waals surface area contributed by atoms with Gasteiger partial charge in [-0.25, -0.2) is 4.98 Å². The second-order valence-electron chi connectivity index (χ2n) is 3.15. The van der Waals surface area contributed by atoms with E-state index in [1.807, 2.05) is 5.38 Å². The van der Waals surface area contributed by atoms with Gasteiger partial charge in [0.2, 0.25) is 0 Å². The van der Waals surface area contributed by atoms with E-state index in [1.165, 1.54) is 11.3 Å². The zero-order valence-electron chi connectivity index (χ0n) is 7.45. The van der Waals surface area contributed by atoms with Crippen molar-refractivity contribution in [3.8, 4) is 5.19 Å². The molecule has 1 aliphatic carbocycles. The van der Waals surface area contributed by atoms with Crippen molar-refractivity contribution in [1.29, 1.82) is 0 Å². The predicted octanol–water partition coefficient (Wildman–Crippen LogP) is 1.99. The van der Waals surface area contributed by atoms with E-state index in [-0.39, 0.29) is 5.92 Å². The van der Waals surface area contributed by atoms with Crippen molar-refractivity contribution in [1.82, 2.24) is 4.98 Å². The molecule has 0 aromatic carbocycles. The molecule has 0 radical (unpaired) electrons. The fraction of sp³-hybridized carbons (Fsp3) is 0.556. The predicted molar refractivity (Wildman–Crippen MR) is 50.3 cm³/mol. The molecular formula is C9H11NO2S. The summed E-state index contributed by atoms with van der Waals surface area (Å²) in [7, 11) is 1.60. The average molecular weight is 197 g/mol. The molecule has 0 bridgehead atoms. The first-order valence-corrected chi connectivity index (χ1v) is 5.21. The maximum absolute atomic E-state index is 11.4. The molecule has 1 aromatic heterocycles. The molecular weight excluding hydrogens is 186 g/mol. The van der Waals surface area contributed by atoms with Crippen LogP contribution in [0.25, 0.3) is 0 Å². The Morgan fingerprint density at radius 2 is 2.54 bits per heavy atom. The number of aromatic nitrogens is 1. The van der Waals surface area contributed by atoms with Crippen LogP contribution in [0.5, 0.6) is 5.19 Å². The van der Waals surface area contributed by atoms with Crippen molar-refractivity contribution < 1.29 is 9.53 Å². The molecule has 1 aromatic rings. The van der Waals surface area contributed by atoms with Gasteiger partial charge in [0.15, 0.2) is 0 Å². The maximum Gasteiger partial charge on any atom is 0.273 e. The lowest BCUT2D eigenvalue weighted by molar-refractivity contribution is -0.118. The minimum Gasteiger partial charge on any atom is -0.473 e. The summed E-state index contributed by atoms with van der Waals surface area (Å²) in [6, 6.07) is 0. The zero-order valence-corrected chi connectivity index (χ0v) is 8.26. The monoisotopic (exact) mass is 197 g/mol. The molecule has 1 aliphatic rings. The summed E-state index contributed by atoms with van der Waals surface area (Å²) < 4.78 is 4.99. The molecule has 1 saturated carbocycles. The van der Waals surface area contributed by atoms with Crippen LogP contribution in [0.1, 0.15) is 30.9 Å². The molecule has 0 spiro atoms. The molecule has 0 saturated heterocycles. The van der Waals surface area contributed by atoms with E-state index in [0.29, 0.717) is 17.4 Å². The van der Waals surface area contributed by atoms with E-state index in [4.69, 9.17) is 4.74 Å². The second kappa shape index (κ2) is 3.46. The lowest BCUT2D eigenvalue weighted by Crippen LogP contribution is -2.04. The summed E-state index contributed by atoms with van der Waals surface area (Å²) in [6.07, 6.45) is 2.67. The SMILES string of the molecule is COc1nc(C2CCCC2=O)cs1. The molecule has 1 atom stereocenters. The number of ketones is 1. The van der Waals surface area contributed by atoms with Gasteiger partial charge in [0.1, 0.15) is 5.78 Å². The Morgan fingerprint density at radius 1 is 1.69 bits per heavy atom. The van der Waals surface area contributed by atoms with Crippen molar-refractivity contribution in [2.24, 2.45) is 0 Å². The van der Waals surface area contributed by atoms with E-state index in [0.717, 1.165) is 18.5 Å². The van der Waals surface area contributed by atoms with Crippen LogP contribution in [0.2, 0.25) is 0 Å². The van der Waals surface area contributed by atoms with Crippen LogP contribution in [0.4, 0.5) is 0 Å². The molecule has 70 valence electrons. The van der Waals surface area contributed by atoms with Crippen LogP contribution in [0.15, 0.2) is 5.38 Å². The zero-order chi connectivity index (χ0) is 9.26. The molecule has 2 rings (SSSR count). The molecule has 0 N–H and O–H groups in total. The quantitative estimate of drug-likeness (QED) is 0.727. The van der Waals surface area contributed by atoms with E-state index in [1.54, 1.807) is 7.11 Å². The van der Waals surface area contributed by atoms with Gasteiger partial charge in [0.25, 0.3) is 5.19 Å². The third-order valence-electron chi connectivity index (χ3n) is 2.34. The van der Waals surface area contributed by atoms with Gasteiger partial charge in [-0.2, -0.15) is 0 Å². The largest absolute Gasteiger partial charge is 0.473 e. The summed E-state index contributed by atoms with van der Waals surface area (Å²) in [6.45, 7) is 0. The summed E-state index contributed by atoms with van der Waals surface area (Å²) in [5.41, 5.74) is 0.893. The molecule has 4 heteroatoms. The summed E-state index contributed by atoms with van der Waals surface area (Å²) in [5.74, 6) is 0.369. The molecule has 0 amide bonds. The third-order valence-corrected chi connectivity index (χ3v) is 3.16. The van der Waals surface area contributed by atoms with Crippen LogP contribution in [0.3, 0.4) is 0 Å². The minimum absolute atomic E-state index is 0.0418. The summed E-state index contributed by atoms with van der Waals surface area (Å²) in [5, 5.41) is 2.57. The lowest BCUT2D eigenvalue weighted by Gasteiger charge is -2.01. The number of carbonyl (C=O) groups excluding carboxylic acids is 1. The van der Waals surface area contributed by atoms with Crippen LogP contribution >= 0.6 is 11.3 Å². The number of hydrogen-bond acceptors (Lipinski definition) is 4. The Labute approximate surface area is 80.8 Å². The first kappa shape index (κ1) is 8.69. The standard InChI is InChI=1S/C9H11NO2S/c1-12-9-10-7(5-13-9)6-3-2-4-8(6)11/h5-6H,2-4H2,1H3. The lowest BCUT2D eigenvalue weighted by atomic mass is 10.0. The van der Waals surface area contributed by atoms with Crippen molar-refractivity contribution in [3.63, 3.8) is 0 Å². The fourth-order valence-corrected chi connectivity index (χ4v) is 2.34. The molecule has 1 heterocycles. The van der Waals surface area contributed by atoms with E-state index in [2.05, 4.69) is 4.98 Å². The van der Waals surface area contributed by atoms with Crippen LogP contribution < -0.4 is 4.74 Å². The minimum atomic E-state index is 0.0418. The summed E-state index contributed by atoms with van der Waals surface area (Å²) in [4.78, 5) is 15.6. The maximum atomic E-state index is 11.4. The number of carbonyl (C=O) groups is 1. The average Bonchev–Trinajstić information content (AvgIpc) is 2.71. The topological polar surface area (TPSA) is 39.2 Å². The van der Waals surface area contributed by atoms with Gasteiger partial charge in [0, 0.05) is 11.8 Å². The Bertz CT molecular complexity index is 321. The van der Waals surface area contributed by atoms with Crippen LogP contribution in [-0.4, -0.2) is 17.9 Å². The highest BCUT2D eigenvalue weighted by Gasteiger charge is 2.27. The number of ether oxygens (including phenoxy) is 1. The van der Waals surface area contributed by atoms with Crippen LogP contribution in [-0.2, 0) is 4.79 Å². The van der Waals surface area contributed by atoms with E-state index < -0.39 is 0 Å². The molecule has 13 heavy (non-hydrogen) atoms.